The summed E-state index contributed by atoms with van der Waals surface area (Å²) in [6.45, 7) is 7.60. The van der Waals surface area contributed by atoms with Gasteiger partial charge >= 0.3 is 0 Å². The molecule has 0 radical (unpaired) electrons. The molecule has 0 fully saturated rings. The lowest BCUT2D eigenvalue weighted by atomic mass is 10.1. The van der Waals surface area contributed by atoms with Crippen LogP contribution in [0.2, 0.25) is 0 Å². The SMILES string of the molecule is C[C@H](C(=O)Nc1ccc(C#N)cc1)N(C)CC(=O)NC(C)(C)C. The van der Waals surface area contributed by atoms with Crippen LogP contribution in [0.1, 0.15) is 33.3 Å². The zero-order chi connectivity index (χ0) is 17.6. The van der Waals surface area contributed by atoms with Crippen molar-refractivity contribution in [2.75, 3.05) is 18.9 Å². The van der Waals surface area contributed by atoms with Crippen molar-refractivity contribution in [3.63, 3.8) is 0 Å². The Balaban J connectivity index is 2.58. The van der Waals surface area contributed by atoms with E-state index in [1.54, 1.807) is 43.1 Å². The van der Waals surface area contributed by atoms with E-state index in [1.165, 1.54) is 0 Å². The van der Waals surface area contributed by atoms with Crippen LogP contribution in [-0.2, 0) is 9.59 Å². The molecule has 0 aliphatic rings. The van der Waals surface area contributed by atoms with Gasteiger partial charge in [-0.25, -0.2) is 0 Å². The number of nitrogens with zero attached hydrogens (tertiary/aromatic N) is 2. The summed E-state index contributed by atoms with van der Waals surface area (Å²) in [5, 5.41) is 14.4. The summed E-state index contributed by atoms with van der Waals surface area (Å²) < 4.78 is 0. The summed E-state index contributed by atoms with van der Waals surface area (Å²) in [6, 6.07) is 8.19. The van der Waals surface area contributed by atoms with Crippen LogP contribution >= 0.6 is 0 Å². The van der Waals surface area contributed by atoms with Crippen LogP contribution in [0.5, 0.6) is 0 Å². The Kier molecular flexibility index (Phi) is 6.28. The number of hydrogen-bond donors (Lipinski definition) is 2. The first-order chi connectivity index (χ1) is 10.6. The highest BCUT2D eigenvalue weighted by Crippen LogP contribution is 2.10. The fourth-order valence-electron chi connectivity index (χ4n) is 1.90. The van der Waals surface area contributed by atoms with Gasteiger partial charge in [0.2, 0.25) is 11.8 Å². The normalized spacial score (nSPS) is 12.4. The summed E-state index contributed by atoms with van der Waals surface area (Å²) in [7, 11) is 1.73. The lowest BCUT2D eigenvalue weighted by Crippen LogP contribution is -2.49. The topological polar surface area (TPSA) is 85.2 Å². The van der Waals surface area contributed by atoms with E-state index >= 15 is 0 Å². The van der Waals surface area contributed by atoms with Gasteiger partial charge in [0.25, 0.3) is 0 Å². The smallest absolute Gasteiger partial charge is 0.241 e. The second-order valence-electron chi connectivity index (χ2n) is 6.57. The molecule has 6 nitrogen and oxygen atoms in total. The molecule has 1 atom stereocenters. The molecule has 0 heterocycles. The van der Waals surface area contributed by atoms with E-state index in [-0.39, 0.29) is 23.9 Å². The number of likely N-dealkylation sites (N-methyl/N-ethyl adjacent to an activating group) is 1. The summed E-state index contributed by atoms with van der Waals surface area (Å²) in [5.41, 5.74) is 0.853. The van der Waals surface area contributed by atoms with Crippen LogP contribution in [0.15, 0.2) is 24.3 Å². The van der Waals surface area contributed by atoms with Gasteiger partial charge in [-0.05, 0) is 59.0 Å². The predicted molar refractivity (Wildman–Crippen MR) is 89.8 cm³/mol. The van der Waals surface area contributed by atoms with Crippen molar-refractivity contribution >= 4 is 17.5 Å². The zero-order valence-corrected chi connectivity index (χ0v) is 14.3. The van der Waals surface area contributed by atoms with E-state index in [9.17, 15) is 9.59 Å². The Labute approximate surface area is 137 Å². The van der Waals surface area contributed by atoms with Crippen molar-refractivity contribution in [1.29, 1.82) is 5.26 Å². The lowest BCUT2D eigenvalue weighted by molar-refractivity contribution is -0.125. The highest BCUT2D eigenvalue weighted by molar-refractivity contribution is 5.95. The van der Waals surface area contributed by atoms with Crippen LogP contribution in [-0.4, -0.2) is 41.9 Å². The van der Waals surface area contributed by atoms with Gasteiger partial charge < -0.3 is 10.6 Å². The summed E-state index contributed by atoms with van der Waals surface area (Å²) in [4.78, 5) is 25.8. The molecule has 0 bridgehead atoms. The predicted octanol–water partition coefficient (Wildman–Crippen LogP) is 1.73. The molecule has 1 rings (SSSR count). The van der Waals surface area contributed by atoms with E-state index in [2.05, 4.69) is 10.6 Å². The van der Waals surface area contributed by atoms with Crippen LogP contribution in [0, 0.1) is 11.3 Å². The summed E-state index contributed by atoms with van der Waals surface area (Å²) >= 11 is 0. The number of nitrogens with one attached hydrogen (secondary N) is 2. The summed E-state index contributed by atoms with van der Waals surface area (Å²) in [5.74, 6) is -0.334. The van der Waals surface area contributed by atoms with Gasteiger partial charge in [0.05, 0.1) is 24.2 Å². The van der Waals surface area contributed by atoms with Crippen LogP contribution in [0.4, 0.5) is 5.69 Å². The van der Waals surface area contributed by atoms with Crippen LogP contribution in [0.25, 0.3) is 0 Å². The third-order valence-corrected chi connectivity index (χ3v) is 3.23. The molecular formula is C17H24N4O2. The maximum Gasteiger partial charge on any atom is 0.241 e. The molecule has 124 valence electrons. The molecular weight excluding hydrogens is 292 g/mol. The Morgan fingerprint density at radius 2 is 1.83 bits per heavy atom. The molecule has 0 aromatic heterocycles. The quantitative estimate of drug-likeness (QED) is 0.866. The largest absolute Gasteiger partial charge is 0.350 e. The third-order valence-electron chi connectivity index (χ3n) is 3.23. The molecule has 2 N–H and O–H groups in total. The van der Waals surface area contributed by atoms with E-state index in [4.69, 9.17) is 5.26 Å². The number of benzene rings is 1. The van der Waals surface area contributed by atoms with Gasteiger partial charge in [0.15, 0.2) is 0 Å². The fourth-order valence-corrected chi connectivity index (χ4v) is 1.90. The van der Waals surface area contributed by atoms with Crippen molar-refractivity contribution in [2.45, 2.75) is 39.3 Å². The van der Waals surface area contributed by atoms with E-state index in [0.717, 1.165) is 0 Å². The maximum absolute atomic E-state index is 12.2. The minimum atomic E-state index is -0.462. The monoisotopic (exact) mass is 316 g/mol. The summed E-state index contributed by atoms with van der Waals surface area (Å²) in [6.07, 6.45) is 0. The Hall–Kier alpha value is -2.39. The second-order valence-corrected chi connectivity index (χ2v) is 6.57. The molecule has 0 spiro atoms. The first kappa shape index (κ1) is 18.7. The van der Waals surface area contributed by atoms with Crippen molar-refractivity contribution in [2.24, 2.45) is 0 Å². The molecule has 0 unspecified atom stereocenters. The molecule has 1 aromatic carbocycles. The van der Waals surface area contributed by atoms with Crippen LogP contribution in [0.3, 0.4) is 0 Å². The number of carbonyl (C=O) groups is 2. The van der Waals surface area contributed by atoms with Gasteiger partial charge in [0, 0.05) is 11.2 Å². The number of amides is 2. The second kappa shape index (κ2) is 7.75. The van der Waals surface area contributed by atoms with E-state index in [1.807, 2.05) is 26.8 Å². The molecule has 1 aromatic rings. The van der Waals surface area contributed by atoms with Gasteiger partial charge in [-0.2, -0.15) is 5.26 Å². The minimum absolute atomic E-state index is 0.127. The van der Waals surface area contributed by atoms with Crippen molar-refractivity contribution in [3.05, 3.63) is 29.8 Å². The lowest BCUT2D eigenvalue weighted by Gasteiger charge is -2.26. The molecule has 6 heteroatoms. The van der Waals surface area contributed by atoms with Crippen molar-refractivity contribution in [3.8, 4) is 6.07 Å². The number of anilines is 1. The average molecular weight is 316 g/mol. The fraction of sp³-hybridized carbons (Fsp3) is 0.471. The third kappa shape index (κ3) is 6.49. The van der Waals surface area contributed by atoms with Crippen molar-refractivity contribution in [1.82, 2.24) is 10.2 Å². The minimum Gasteiger partial charge on any atom is -0.350 e. The first-order valence-corrected chi connectivity index (χ1v) is 7.44. The van der Waals surface area contributed by atoms with E-state index < -0.39 is 6.04 Å². The number of rotatable bonds is 5. The first-order valence-electron chi connectivity index (χ1n) is 7.44. The highest BCUT2D eigenvalue weighted by Gasteiger charge is 2.22. The molecule has 23 heavy (non-hydrogen) atoms. The molecule has 0 saturated carbocycles. The van der Waals surface area contributed by atoms with E-state index in [0.29, 0.717) is 11.3 Å². The Bertz CT molecular complexity index is 597. The van der Waals surface area contributed by atoms with Gasteiger partial charge in [-0.15, -0.1) is 0 Å². The average Bonchev–Trinajstić information content (AvgIpc) is 2.45. The number of carbonyl (C=O) groups excluding carboxylic acids is 2. The van der Waals surface area contributed by atoms with Gasteiger partial charge in [-0.3, -0.25) is 14.5 Å². The molecule has 0 aliphatic carbocycles. The number of nitriles is 1. The molecule has 2 amide bonds. The van der Waals surface area contributed by atoms with Crippen molar-refractivity contribution < 1.29 is 9.59 Å². The molecule has 0 aliphatic heterocycles. The van der Waals surface area contributed by atoms with Gasteiger partial charge in [-0.1, -0.05) is 0 Å². The highest BCUT2D eigenvalue weighted by atomic mass is 16.2. The zero-order valence-electron chi connectivity index (χ0n) is 14.3. The Morgan fingerprint density at radius 1 is 1.26 bits per heavy atom. The van der Waals surface area contributed by atoms with Crippen LogP contribution < -0.4 is 10.6 Å². The molecule has 0 saturated heterocycles. The van der Waals surface area contributed by atoms with Gasteiger partial charge in [0.1, 0.15) is 0 Å². The number of hydrogen-bond acceptors (Lipinski definition) is 4. The maximum atomic E-state index is 12.2. The Morgan fingerprint density at radius 3 is 2.30 bits per heavy atom. The standard InChI is InChI=1S/C17H24N4O2/c1-12(21(5)11-15(22)20-17(2,3)4)16(23)19-14-8-6-13(10-18)7-9-14/h6-9,12H,11H2,1-5H3,(H,19,23)(H,20,22)/t12-/m1/s1.